The topological polar surface area (TPSA) is 86.8 Å². The number of aryl methyl sites for hydroxylation is 1. The van der Waals surface area contributed by atoms with E-state index in [0.29, 0.717) is 10.2 Å². The Morgan fingerprint density at radius 3 is 2.15 bits per heavy atom. The molecule has 0 spiro atoms. The Morgan fingerprint density at radius 1 is 0.923 bits per heavy atom. The Bertz CT molecular complexity index is 1400. The molecule has 3 aromatic carbocycles. The molecule has 3 aromatic rings. The summed E-state index contributed by atoms with van der Waals surface area (Å²) >= 11 is 3.38. The highest BCUT2D eigenvalue weighted by molar-refractivity contribution is 9.10. The monoisotopic (exact) mass is 613 g/mol. The van der Waals surface area contributed by atoms with Gasteiger partial charge in [0.1, 0.15) is 12.6 Å². The maximum absolute atomic E-state index is 14.1. The van der Waals surface area contributed by atoms with Crippen molar-refractivity contribution in [2.75, 3.05) is 17.1 Å². The number of nitrogens with one attached hydrogen (secondary N) is 1. The molecule has 0 aliphatic heterocycles. The van der Waals surface area contributed by atoms with Gasteiger partial charge in [-0.1, -0.05) is 82.2 Å². The third-order valence-electron chi connectivity index (χ3n) is 5.98. The lowest BCUT2D eigenvalue weighted by molar-refractivity contribution is -0.140. The van der Waals surface area contributed by atoms with E-state index in [2.05, 4.69) is 21.2 Å². The number of hydrogen-bond donors (Lipinski definition) is 1. The molecule has 0 saturated heterocycles. The van der Waals surface area contributed by atoms with Crippen molar-refractivity contribution in [2.45, 2.75) is 52.2 Å². The molecular weight excluding hydrogens is 578 g/mol. The summed E-state index contributed by atoms with van der Waals surface area (Å²) in [4.78, 5) is 29.3. The Kier molecular flexibility index (Phi) is 9.96. The van der Waals surface area contributed by atoms with Crippen LogP contribution in [0.3, 0.4) is 0 Å². The molecule has 0 saturated carbocycles. The minimum absolute atomic E-state index is 0.145. The number of nitrogens with zero attached hydrogens (tertiary/aromatic N) is 2. The number of hydrogen-bond acceptors (Lipinski definition) is 4. The maximum atomic E-state index is 14.1. The molecule has 3 rings (SSSR count). The summed E-state index contributed by atoms with van der Waals surface area (Å²) in [6.45, 7) is 7.31. The van der Waals surface area contributed by atoms with Gasteiger partial charge in [0.25, 0.3) is 0 Å². The van der Waals surface area contributed by atoms with Crippen molar-refractivity contribution in [1.82, 2.24) is 10.2 Å². The van der Waals surface area contributed by atoms with Crippen LogP contribution in [0.25, 0.3) is 0 Å². The van der Waals surface area contributed by atoms with Gasteiger partial charge in [-0.05, 0) is 57.0 Å². The van der Waals surface area contributed by atoms with Crippen molar-refractivity contribution in [2.24, 2.45) is 0 Å². The molecule has 0 aliphatic carbocycles. The number of halogens is 1. The molecule has 208 valence electrons. The van der Waals surface area contributed by atoms with Gasteiger partial charge in [0.15, 0.2) is 0 Å². The summed E-state index contributed by atoms with van der Waals surface area (Å²) in [5.74, 6) is -0.785. The van der Waals surface area contributed by atoms with Crippen molar-refractivity contribution in [3.05, 3.63) is 100 Å². The van der Waals surface area contributed by atoms with Gasteiger partial charge in [0.2, 0.25) is 21.8 Å². The van der Waals surface area contributed by atoms with Gasteiger partial charge in [-0.3, -0.25) is 13.9 Å². The van der Waals surface area contributed by atoms with E-state index in [-0.39, 0.29) is 18.9 Å². The van der Waals surface area contributed by atoms with E-state index in [4.69, 9.17) is 0 Å². The largest absolute Gasteiger partial charge is 0.350 e. The predicted molar refractivity (Wildman–Crippen MR) is 160 cm³/mol. The lowest BCUT2D eigenvalue weighted by atomic mass is 10.0. The summed E-state index contributed by atoms with van der Waals surface area (Å²) < 4.78 is 27.5. The summed E-state index contributed by atoms with van der Waals surface area (Å²) in [5.41, 5.74) is 2.58. The first kappa shape index (κ1) is 30.4. The molecule has 0 aromatic heterocycles. The number of carbonyl (C=O) groups is 2. The molecule has 2 amide bonds. The normalized spacial score (nSPS) is 12.5. The van der Waals surface area contributed by atoms with Gasteiger partial charge in [-0.2, -0.15) is 0 Å². The zero-order valence-electron chi connectivity index (χ0n) is 23.0. The molecule has 1 unspecified atom stereocenters. The number of amides is 2. The Balaban J connectivity index is 2.08. The second-order valence-electron chi connectivity index (χ2n) is 10.7. The molecule has 7 nitrogen and oxygen atoms in total. The molecule has 0 aliphatic rings. The van der Waals surface area contributed by atoms with Crippen LogP contribution in [-0.2, 0) is 32.6 Å². The van der Waals surface area contributed by atoms with E-state index in [1.807, 2.05) is 82.3 Å². The highest BCUT2D eigenvalue weighted by Crippen LogP contribution is 2.24. The lowest BCUT2D eigenvalue weighted by Crippen LogP contribution is -2.56. The number of rotatable bonds is 10. The Morgan fingerprint density at radius 2 is 1.56 bits per heavy atom. The molecule has 1 N–H and O–H groups in total. The van der Waals surface area contributed by atoms with E-state index < -0.39 is 34.1 Å². The zero-order valence-corrected chi connectivity index (χ0v) is 25.4. The van der Waals surface area contributed by atoms with Crippen molar-refractivity contribution in [3.63, 3.8) is 0 Å². The van der Waals surface area contributed by atoms with Crippen LogP contribution in [0.1, 0.15) is 37.5 Å². The van der Waals surface area contributed by atoms with Crippen LogP contribution in [0.2, 0.25) is 0 Å². The average molecular weight is 615 g/mol. The highest BCUT2D eigenvalue weighted by Gasteiger charge is 2.34. The average Bonchev–Trinajstić information content (AvgIpc) is 2.83. The van der Waals surface area contributed by atoms with E-state index in [1.54, 1.807) is 24.3 Å². The Hall–Kier alpha value is -3.17. The first-order chi connectivity index (χ1) is 18.2. The van der Waals surface area contributed by atoms with E-state index in [9.17, 15) is 18.0 Å². The predicted octanol–water partition coefficient (Wildman–Crippen LogP) is 5.08. The minimum atomic E-state index is -3.81. The molecule has 0 bridgehead atoms. The van der Waals surface area contributed by atoms with E-state index in [0.717, 1.165) is 27.3 Å². The van der Waals surface area contributed by atoms with Crippen molar-refractivity contribution in [3.8, 4) is 0 Å². The molecule has 0 heterocycles. The van der Waals surface area contributed by atoms with Gasteiger partial charge in [0, 0.05) is 23.0 Å². The first-order valence-electron chi connectivity index (χ1n) is 12.7. The standard InChI is InChI=1S/C30H36BrN3O4S/c1-22-11-9-14-24(17-22)20-33(27(29(36)32-30(2,3)4)18-23-12-7-6-8-13-23)28(35)21-34(39(5,37)38)26-16-10-15-25(31)19-26/h6-17,19,27H,18,20-21H2,1-5H3,(H,32,36). The van der Waals surface area contributed by atoms with Crippen LogP contribution in [-0.4, -0.2) is 49.5 Å². The second-order valence-corrected chi connectivity index (χ2v) is 13.5. The number of anilines is 1. The molecule has 0 radical (unpaired) electrons. The Labute approximate surface area is 240 Å². The van der Waals surface area contributed by atoms with E-state index >= 15 is 0 Å². The fourth-order valence-corrected chi connectivity index (χ4v) is 5.49. The fraction of sp³-hybridized carbons (Fsp3) is 0.333. The van der Waals surface area contributed by atoms with Crippen LogP contribution in [0, 0.1) is 6.92 Å². The molecular formula is C30H36BrN3O4S. The third kappa shape index (κ3) is 9.21. The van der Waals surface area contributed by atoms with Gasteiger partial charge in [-0.15, -0.1) is 0 Å². The van der Waals surface area contributed by atoms with Crippen LogP contribution >= 0.6 is 15.9 Å². The van der Waals surface area contributed by atoms with Gasteiger partial charge in [-0.25, -0.2) is 8.42 Å². The summed E-state index contributed by atoms with van der Waals surface area (Å²) in [7, 11) is -3.81. The number of carbonyl (C=O) groups excluding carboxylic acids is 2. The maximum Gasteiger partial charge on any atom is 0.244 e. The van der Waals surface area contributed by atoms with Crippen molar-refractivity contribution < 1.29 is 18.0 Å². The zero-order chi connectivity index (χ0) is 28.8. The smallest absolute Gasteiger partial charge is 0.244 e. The SMILES string of the molecule is Cc1cccc(CN(C(=O)CN(c2cccc(Br)c2)S(C)(=O)=O)C(Cc2ccccc2)C(=O)NC(C)(C)C)c1. The lowest BCUT2D eigenvalue weighted by Gasteiger charge is -2.35. The van der Waals surface area contributed by atoms with E-state index in [1.165, 1.54) is 4.90 Å². The van der Waals surface area contributed by atoms with Gasteiger partial charge < -0.3 is 10.2 Å². The molecule has 0 fully saturated rings. The van der Waals surface area contributed by atoms with Crippen LogP contribution in [0.5, 0.6) is 0 Å². The van der Waals surface area contributed by atoms with Crippen molar-refractivity contribution in [1.29, 1.82) is 0 Å². The quantitative estimate of drug-likeness (QED) is 0.345. The highest BCUT2D eigenvalue weighted by atomic mass is 79.9. The summed E-state index contributed by atoms with van der Waals surface area (Å²) in [6.07, 6.45) is 1.34. The molecule has 1 atom stereocenters. The molecule has 9 heteroatoms. The van der Waals surface area contributed by atoms with Crippen LogP contribution in [0.15, 0.2) is 83.3 Å². The van der Waals surface area contributed by atoms with Gasteiger partial charge in [0.05, 0.1) is 11.9 Å². The van der Waals surface area contributed by atoms with Crippen molar-refractivity contribution >= 4 is 43.5 Å². The van der Waals surface area contributed by atoms with Crippen LogP contribution < -0.4 is 9.62 Å². The first-order valence-corrected chi connectivity index (χ1v) is 15.3. The van der Waals surface area contributed by atoms with Crippen LogP contribution in [0.4, 0.5) is 5.69 Å². The number of sulfonamides is 1. The van der Waals surface area contributed by atoms with Gasteiger partial charge >= 0.3 is 0 Å². The summed E-state index contributed by atoms with van der Waals surface area (Å²) in [5, 5.41) is 3.02. The minimum Gasteiger partial charge on any atom is -0.350 e. The summed E-state index contributed by atoms with van der Waals surface area (Å²) in [6, 6.07) is 23.1. The fourth-order valence-electron chi connectivity index (χ4n) is 4.26. The second kappa shape index (κ2) is 12.8. The molecule has 39 heavy (non-hydrogen) atoms. The number of benzene rings is 3. The third-order valence-corrected chi connectivity index (χ3v) is 7.61.